The minimum Gasteiger partial charge on any atom is -0.493 e. The summed E-state index contributed by atoms with van der Waals surface area (Å²) >= 11 is 0. The van der Waals surface area contributed by atoms with E-state index in [-0.39, 0.29) is 22.9 Å². The lowest BCUT2D eigenvalue weighted by Gasteiger charge is -2.58. The number of esters is 1. The molecule has 1 heterocycles. The number of allylic oxidation sites excluding steroid dienone is 1. The van der Waals surface area contributed by atoms with Crippen molar-refractivity contribution in [2.75, 3.05) is 19.8 Å². The van der Waals surface area contributed by atoms with Crippen molar-refractivity contribution in [2.24, 2.45) is 51.8 Å². The van der Waals surface area contributed by atoms with Gasteiger partial charge in [-0.25, -0.2) is 4.79 Å². The van der Waals surface area contributed by atoms with Gasteiger partial charge in [0.05, 0.1) is 25.4 Å². The Morgan fingerprint density at radius 2 is 1.70 bits per heavy atom. The molecule has 0 amide bonds. The molecule has 47 heavy (non-hydrogen) atoms. The summed E-state index contributed by atoms with van der Waals surface area (Å²) in [5.74, 6) is 5.72. The van der Waals surface area contributed by atoms with E-state index in [0.717, 1.165) is 84.5 Å². The van der Waals surface area contributed by atoms with E-state index in [2.05, 4.69) is 53.7 Å². The number of carbonyl (C=O) groups is 1. The minimum atomic E-state index is -0.194. The normalized spacial score (nSPS) is 34.9. The van der Waals surface area contributed by atoms with Gasteiger partial charge >= 0.3 is 5.97 Å². The summed E-state index contributed by atoms with van der Waals surface area (Å²) in [7, 11) is 0. The summed E-state index contributed by atoms with van der Waals surface area (Å²) in [6.45, 7) is 16.9. The molecule has 5 aliphatic rings. The number of rotatable bonds is 10. The Labute approximate surface area is 284 Å². The van der Waals surface area contributed by atoms with E-state index in [1.165, 1.54) is 51.4 Å². The first-order chi connectivity index (χ1) is 22.5. The monoisotopic (exact) mass is 640 g/mol. The minimum absolute atomic E-state index is 0.0295. The molecule has 4 nitrogen and oxygen atoms in total. The van der Waals surface area contributed by atoms with Crippen LogP contribution >= 0.6 is 0 Å². The zero-order chi connectivity index (χ0) is 33.0. The first kappa shape index (κ1) is 33.2. The van der Waals surface area contributed by atoms with Gasteiger partial charge in [0.2, 0.25) is 0 Å². The molecule has 2 aromatic carbocycles. The van der Waals surface area contributed by atoms with Crippen LogP contribution in [0.2, 0.25) is 0 Å². The fourth-order valence-corrected chi connectivity index (χ4v) is 11.2. The SMILES string of the molecule is CC(C)CCCC(C)C1CCC2C3CC=C4CC(OC(=O)c5ccc6cc(OCC7(C)COC7)ccc6c5)CCC4(C)C3CCC12C. The zero-order valence-corrected chi connectivity index (χ0v) is 30.1. The van der Waals surface area contributed by atoms with Gasteiger partial charge in [-0.2, -0.15) is 0 Å². The van der Waals surface area contributed by atoms with Gasteiger partial charge < -0.3 is 14.2 Å². The van der Waals surface area contributed by atoms with Crippen molar-refractivity contribution in [2.45, 2.75) is 118 Å². The third-order valence-electron chi connectivity index (χ3n) is 14.1. The molecule has 0 radical (unpaired) electrons. The van der Waals surface area contributed by atoms with Crippen molar-refractivity contribution in [3.05, 3.63) is 53.6 Å². The molecule has 1 aliphatic heterocycles. The summed E-state index contributed by atoms with van der Waals surface area (Å²) < 4.78 is 17.6. The van der Waals surface area contributed by atoms with Crippen LogP contribution < -0.4 is 4.74 Å². The average Bonchev–Trinajstić information content (AvgIpc) is 3.39. The lowest BCUT2D eigenvalue weighted by molar-refractivity contribution is -0.120. The largest absolute Gasteiger partial charge is 0.493 e. The van der Waals surface area contributed by atoms with E-state index in [9.17, 15) is 4.79 Å². The molecular weight excluding hydrogens is 580 g/mol. The smallest absolute Gasteiger partial charge is 0.338 e. The van der Waals surface area contributed by atoms with E-state index in [4.69, 9.17) is 14.2 Å². The Balaban J connectivity index is 0.973. The Morgan fingerprint density at radius 1 is 0.915 bits per heavy atom. The predicted molar refractivity (Wildman–Crippen MR) is 191 cm³/mol. The van der Waals surface area contributed by atoms with Crippen molar-refractivity contribution in [3.8, 4) is 5.75 Å². The number of carbonyl (C=O) groups excluding carboxylic acids is 1. The summed E-state index contributed by atoms with van der Waals surface area (Å²) in [6, 6.07) is 12.0. The van der Waals surface area contributed by atoms with Crippen LogP contribution in [0.4, 0.5) is 0 Å². The van der Waals surface area contributed by atoms with Crippen molar-refractivity contribution in [1.82, 2.24) is 0 Å². The van der Waals surface area contributed by atoms with Crippen molar-refractivity contribution >= 4 is 16.7 Å². The Morgan fingerprint density at radius 3 is 2.47 bits per heavy atom. The Hall–Kier alpha value is -2.33. The number of ether oxygens (including phenoxy) is 3. The molecule has 3 saturated carbocycles. The van der Waals surface area contributed by atoms with Gasteiger partial charge in [-0.1, -0.05) is 84.6 Å². The summed E-state index contributed by atoms with van der Waals surface area (Å²) in [4.78, 5) is 13.4. The number of hydrogen-bond acceptors (Lipinski definition) is 4. The number of hydrogen-bond donors (Lipinski definition) is 0. The van der Waals surface area contributed by atoms with Crippen molar-refractivity contribution < 1.29 is 19.0 Å². The summed E-state index contributed by atoms with van der Waals surface area (Å²) in [5.41, 5.74) is 3.11. The highest BCUT2D eigenvalue weighted by Crippen LogP contribution is 2.67. The fraction of sp³-hybridized carbons (Fsp3) is 0.698. The van der Waals surface area contributed by atoms with Gasteiger partial charge in [-0.3, -0.25) is 0 Å². The molecule has 7 rings (SSSR count). The van der Waals surface area contributed by atoms with E-state index >= 15 is 0 Å². The maximum absolute atomic E-state index is 13.4. The Kier molecular flexibility index (Phi) is 9.07. The molecule has 0 aromatic heterocycles. The van der Waals surface area contributed by atoms with Crippen LogP contribution in [0.25, 0.3) is 10.8 Å². The standard InChI is InChI=1S/C43H60O4/c1-28(2)8-7-9-29(3)37-16-17-38-36-15-13-33-24-35(18-20-42(33,5)39(36)19-21-43(37,38)6)47-40(44)32-11-10-31-23-34(14-12-30(31)22-32)46-27-41(4)25-45-26-41/h10-14,22-23,28-29,35-39H,7-9,15-21,24-27H2,1-6H3. The molecule has 0 N–H and O–H groups in total. The summed E-state index contributed by atoms with van der Waals surface area (Å²) in [5, 5.41) is 2.10. The highest BCUT2D eigenvalue weighted by molar-refractivity contribution is 5.95. The molecule has 8 unspecified atom stereocenters. The van der Waals surface area contributed by atoms with Crippen LogP contribution in [0, 0.1) is 51.8 Å². The van der Waals surface area contributed by atoms with E-state index in [1.54, 1.807) is 5.57 Å². The third-order valence-corrected chi connectivity index (χ3v) is 14.1. The molecule has 0 spiro atoms. The van der Waals surface area contributed by atoms with Crippen LogP contribution in [0.15, 0.2) is 48.0 Å². The van der Waals surface area contributed by atoms with E-state index in [0.29, 0.717) is 17.6 Å². The number of fused-ring (bicyclic) bond motifs is 6. The second kappa shape index (κ2) is 12.8. The lowest BCUT2D eigenvalue weighted by Crippen LogP contribution is -2.51. The first-order valence-corrected chi connectivity index (χ1v) is 19.1. The zero-order valence-electron chi connectivity index (χ0n) is 30.1. The average molecular weight is 641 g/mol. The van der Waals surface area contributed by atoms with Gasteiger partial charge in [0.1, 0.15) is 11.9 Å². The highest BCUT2D eigenvalue weighted by atomic mass is 16.5. The fourth-order valence-electron chi connectivity index (χ4n) is 11.2. The molecule has 8 atom stereocenters. The van der Waals surface area contributed by atoms with Crippen molar-refractivity contribution in [3.63, 3.8) is 0 Å². The maximum Gasteiger partial charge on any atom is 0.338 e. The first-order valence-electron chi connectivity index (χ1n) is 19.1. The van der Waals surface area contributed by atoms with Crippen LogP contribution in [-0.4, -0.2) is 31.9 Å². The highest BCUT2D eigenvalue weighted by Gasteiger charge is 2.59. The molecule has 0 bridgehead atoms. The van der Waals surface area contributed by atoms with Gasteiger partial charge in [0, 0.05) is 11.8 Å². The van der Waals surface area contributed by atoms with Gasteiger partial charge in [-0.15, -0.1) is 0 Å². The van der Waals surface area contributed by atoms with E-state index in [1.807, 2.05) is 30.3 Å². The quantitative estimate of drug-likeness (QED) is 0.191. The molecular formula is C43H60O4. The van der Waals surface area contributed by atoms with Crippen LogP contribution in [0.5, 0.6) is 5.75 Å². The van der Waals surface area contributed by atoms with Gasteiger partial charge in [0.25, 0.3) is 0 Å². The lowest BCUT2D eigenvalue weighted by atomic mass is 9.47. The van der Waals surface area contributed by atoms with Crippen LogP contribution in [0.3, 0.4) is 0 Å². The van der Waals surface area contributed by atoms with Crippen LogP contribution in [-0.2, 0) is 9.47 Å². The van der Waals surface area contributed by atoms with Gasteiger partial charge in [0.15, 0.2) is 0 Å². The second-order valence-electron chi connectivity index (χ2n) is 17.9. The predicted octanol–water partition coefficient (Wildman–Crippen LogP) is 10.8. The summed E-state index contributed by atoms with van der Waals surface area (Å²) in [6.07, 6.45) is 16.7. The van der Waals surface area contributed by atoms with Crippen molar-refractivity contribution in [1.29, 1.82) is 0 Å². The molecule has 4 heteroatoms. The van der Waals surface area contributed by atoms with Gasteiger partial charge in [-0.05, 0) is 126 Å². The molecule has 1 saturated heterocycles. The third kappa shape index (κ3) is 6.30. The molecule has 2 aromatic rings. The maximum atomic E-state index is 13.4. The Bertz CT molecular complexity index is 1490. The molecule has 256 valence electrons. The topological polar surface area (TPSA) is 44.8 Å². The second-order valence-corrected chi connectivity index (χ2v) is 17.9. The number of benzene rings is 2. The van der Waals surface area contributed by atoms with E-state index < -0.39 is 0 Å². The van der Waals surface area contributed by atoms with Crippen LogP contribution in [0.1, 0.15) is 123 Å². The molecule has 4 fully saturated rings. The molecule has 4 aliphatic carbocycles.